The van der Waals surface area contributed by atoms with Gasteiger partial charge >= 0.3 is 0 Å². The maximum absolute atomic E-state index is 10.8. The average Bonchev–Trinajstić information content (AvgIpc) is 1.52. The highest BCUT2D eigenvalue weighted by molar-refractivity contribution is 5.74. The van der Waals surface area contributed by atoms with Crippen LogP contribution in [0.25, 0.3) is 0 Å². The third-order valence-electron chi connectivity index (χ3n) is 2.22. The minimum absolute atomic E-state index is 0.0787. The highest BCUT2D eigenvalue weighted by Gasteiger charge is 2.45. The van der Waals surface area contributed by atoms with Gasteiger partial charge in [0.1, 0.15) is 0 Å². The van der Waals surface area contributed by atoms with Crippen LogP contribution >= 0.6 is 0 Å². The van der Waals surface area contributed by atoms with Crippen LogP contribution in [0.3, 0.4) is 0 Å². The number of carbonyl (C=O) groups excluding carboxylic acids is 1. The quantitative estimate of drug-likeness (QED) is 0.613. The normalized spacial score (nSPS) is 25.5. The highest BCUT2D eigenvalue weighted by atomic mass is 16.1. The summed E-state index contributed by atoms with van der Waals surface area (Å²) >= 11 is 0. The molecule has 1 N–H and O–H groups in total. The van der Waals surface area contributed by atoms with Crippen molar-refractivity contribution >= 4 is 5.91 Å². The van der Waals surface area contributed by atoms with Crippen molar-refractivity contribution in [2.24, 2.45) is 5.41 Å². The Bertz CT molecular complexity index is 176. The molecule has 0 heterocycles. The highest BCUT2D eigenvalue weighted by Crippen LogP contribution is 2.47. The van der Waals surface area contributed by atoms with Gasteiger partial charge in [-0.3, -0.25) is 4.79 Å². The molecule has 0 saturated heterocycles. The van der Waals surface area contributed by atoms with E-state index >= 15 is 0 Å². The van der Waals surface area contributed by atoms with Crippen molar-refractivity contribution in [1.29, 1.82) is 0 Å². The molecule has 0 radical (unpaired) electrons. The van der Waals surface area contributed by atoms with E-state index < -0.39 is 0 Å². The topological polar surface area (TPSA) is 29.1 Å². The number of hydrogen-bond donors (Lipinski definition) is 1. The first-order valence-electron chi connectivity index (χ1n) is 4.12. The van der Waals surface area contributed by atoms with E-state index in [4.69, 9.17) is 0 Å². The maximum Gasteiger partial charge on any atom is 0.217 e. The Kier molecular flexibility index (Phi) is 1.73. The first kappa shape index (κ1) is 8.57. The molecule has 0 aromatic rings. The third kappa shape index (κ3) is 1.95. The molecule has 1 saturated carbocycles. The van der Waals surface area contributed by atoms with Gasteiger partial charge in [0, 0.05) is 12.5 Å². The summed E-state index contributed by atoms with van der Waals surface area (Å²) < 4.78 is 0. The van der Waals surface area contributed by atoms with Gasteiger partial charge in [0.15, 0.2) is 0 Å². The lowest BCUT2D eigenvalue weighted by Crippen LogP contribution is -2.57. The second-order valence-electron chi connectivity index (χ2n) is 4.76. The molecule has 0 unspecified atom stereocenters. The summed E-state index contributed by atoms with van der Waals surface area (Å²) in [5.74, 6) is 0.0861. The Morgan fingerprint density at radius 1 is 1.27 bits per heavy atom. The van der Waals surface area contributed by atoms with Crippen molar-refractivity contribution in [1.82, 2.24) is 5.32 Å². The fourth-order valence-corrected chi connectivity index (χ4v) is 2.57. The number of rotatable bonds is 1. The van der Waals surface area contributed by atoms with Crippen LogP contribution in [0.1, 0.15) is 40.5 Å². The molecule has 1 aliphatic carbocycles. The van der Waals surface area contributed by atoms with Gasteiger partial charge in [0.25, 0.3) is 0 Å². The van der Waals surface area contributed by atoms with Crippen molar-refractivity contribution in [3.8, 4) is 0 Å². The van der Waals surface area contributed by atoms with Gasteiger partial charge in [0.05, 0.1) is 0 Å². The molecule has 1 rings (SSSR count). The Labute approximate surface area is 68.4 Å². The SMILES string of the molecule is CC(=O)NC1(C)CC(C)(C)C1. The van der Waals surface area contributed by atoms with E-state index in [9.17, 15) is 4.79 Å². The summed E-state index contributed by atoms with van der Waals surface area (Å²) in [6.45, 7) is 8.16. The maximum atomic E-state index is 10.8. The first-order valence-corrected chi connectivity index (χ1v) is 4.12. The second-order valence-corrected chi connectivity index (χ2v) is 4.76. The van der Waals surface area contributed by atoms with Gasteiger partial charge in [0.2, 0.25) is 5.91 Å². The number of hydrogen-bond acceptors (Lipinski definition) is 1. The summed E-state index contributed by atoms with van der Waals surface area (Å²) in [5, 5.41) is 2.97. The number of amides is 1. The fraction of sp³-hybridized carbons (Fsp3) is 0.889. The number of carbonyl (C=O) groups is 1. The zero-order valence-electron chi connectivity index (χ0n) is 7.82. The van der Waals surface area contributed by atoms with Crippen LogP contribution in [0, 0.1) is 5.41 Å². The van der Waals surface area contributed by atoms with E-state index in [1.165, 1.54) is 0 Å². The Hall–Kier alpha value is -0.530. The summed E-state index contributed by atoms with van der Waals surface area (Å²) in [6.07, 6.45) is 2.19. The van der Waals surface area contributed by atoms with Crippen molar-refractivity contribution in [3.05, 3.63) is 0 Å². The van der Waals surface area contributed by atoms with Crippen LogP contribution in [0.2, 0.25) is 0 Å². The fourth-order valence-electron chi connectivity index (χ4n) is 2.57. The van der Waals surface area contributed by atoms with Gasteiger partial charge in [-0.25, -0.2) is 0 Å². The van der Waals surface area contributed by atoms with Gasteiger partial charge in [-0.15, -0.1) is 0 Å². The lowest BCUT2D eigenvalue weighted by atomic mass is 9.60. The minimum Gasteiger partial charge on any atom is -0.351 e. The molecule has 1 aliphatic rings. The zero-order valence-corrected chi connectivity index (χ0v) is 7.82. The van der Waals surface area contributed by atoms with Crippen LogP contribution in [-0.2, 0) is 4.79 Å². The standard InChI is InChI=1S/C9H17NO/c1-7(11)10-9(4)5-8(2,3)6-9/h5-6H2,1-4H3,(H,10,11). The third-order valence-corrected chi connectivity index (χ3v) is 2.22. The Morgan fingerprint density at radius 2 is 1.73 bits per heavy atom. The van der Waals surface area contributed by atoms with E-state index in [1.54, 1.807) is 6.92 Å². The zero-order chi connectivity index (χ0) is 8.70. The monoisotopic (exact) mass is 155 g/mol. The predicted molar refractivity (Wildman–Crippen MR) is 45.2 cm³/mol. The van der Waals surface area contributed by atoms with E-state index in [-0.39, 0.29) is 11.4 Å². The largest absolute Gasteiger partial charge is 0.351 e. The predicted octanol–water partition coefficient (Wildman–Crippen LogP) is 1.70. The van der Waals surface area contributed by atoms with Crippen LogP contribution in [-0.4, -0.2) is 11.4 Å². The van der Waals surface area contributed by atoms with Gasteiger partial charge < -0.3 is 5.32 Å². The molecule has 64 valence electrons. The van der Waals surface area contributed by atoms with Crippen molar-refractivity contribution in [2.45, 2.75) is 46.1 Å². The molecular formula is C9H17NO. The summed E-state index contributed by atoms with van der Waals surface area (Å²) in [6, 6.07) is 0. The molecular weight excluding hydrogens is 138 g/mol. The molecule has 11 heavy (non-hydrogen) atoms. The molecule has 1 amide bonds. The summed E-state index contributed by atoms with van der Waals surface area (Å²) in [7, 11) is 0. The summed E-state index contributed by atoms with van der Waals surface area (Å²) in [5.41, 5.74) is 0.506. The molecule has 0 bridgehead atoms. The molecule has 1 fully saturated rings. The molecule has 0 aromatic heterocycles. The lowest BCUT2D eigenvalue weighted by Gasteiger charge is -2.51. The van der Waals surface area contributed by atoms with Crippen LogP contribution < -0.4 is 5.32 Å². The lowest BCUT2D eigenvalue weighted by molar-refractivity contribution is -0.123. The average molecular weight is 155 g/mol. The molecule has 0 atom stereocenters. The Balaban J connectivity index is 2.43. The first-order chi connectivity index (χ1) is 4.83. The number of nitrogens with one attached hydrogen (secondary N) is 1. The minimum atomic E-state index is 0.0787. The van der Waals surface area contributed by atoms with Crippen molar-refractivity contribution in [2.75, 3.05) is 0 Å². The van der Waals surface area contributed by atoms with E-state index in [0.29, 0.717) is 5.41 Å². The van der Waals surface area contributed by atoms with Crippen LogP contribution in [0.5, 0.6) is 0 Å². The second kappa shape index (κ2) is 2.23. The van der Waals surface area contributed by atoms with Crippen LogP contribution in [0.4, 0.5) is 0 Å². The summed E-state index contributed by atoms with van der Waals surface area (Å²) in [4.78, 5) is 10.8. The molecule has 2 heteroatoms. The molecule has 0 aromatic carbocycles. The molecule has 0 spiro atoms. The van der Waals surface area contributed by atoms with E-state index in [0.717, 1.165) is 12.8 Å². The Morgan fingerprint density at radius 3 is 2.00 bits per heavy atom. The molecule has 0 aliphatic heterocycles. The molecule has 2 nitrogen and oxygen atoms in total. The van der Waals surface area contributed by atoms with Gasteiger partial charge in [-0.05, 0) is 25.2 Å². The van der Waals surface area contributed by atoms with Crippen LogP contribution in [0.15, 0.2) is 0 Å². The van der Waals surface area contributed by atoms with E-state index in [1.807, 2.05) is 0 Å². The smallest absolute Gasteiger partial charge is 0.217 e. The van der Waals surface area contributed by atoms with Gasteiger partial charge in [-0.2, -0.15) is 0 Å². The van der Waals surface area contributed by atoms with E-state index in [2.05, 4.69) is 26.1 Å². The van der Waals surface area contributed by atoms with Crippen molar-refractivity contribution < 1.29 is 4.79 Å². The van der Waals surface area contributed by atoms with Crippen molar-refractivity contribution in [3.63, 3.8) is 0 Å². The van der Waals surface area contributed by atoms with Gasteiger partial charge in [-0.1, -0.05) is 13.8 Å².